The van der Waals surface area contributed by atoms with Crippen LogP contribution in [0.15, 0.2) is 83.5 Å². The second-order valence-electron chi connectivity index (χ2n) is 7.38. The van der Waals surface area contributed by atoms with Gasteiger partial charge in [-0.2, -0.15) is 0 Å². The van der Waals surface area contributed by atoms with Gasteiger partial charge in [0.25, 0.3) is 0 Å². The lowest BCUT2D eigenvalue weighted by atomic mass is 10.0. The van der Waals surface area contributed by atoms with Gasteiger partial charge >= 0.3 is 0 Å². The number of hydrogen-bond acceptors (Lipinski definition) is 4. The zero-order valence-corrected chi connectivity index (χ0v) is 17.8. The highest BCUT2D eigenvalue weighted by Crippen LogP contribution is 2.18. The fourth-order valence-electron chi connectivity index (χ4n) is 3.40. The van der Waals surface area contributed by atoms with Crippen molar-refractivity contribution in [2.45, 2.75) is 32.4 Å². The van der Waals surface area contributed by atoms with E-state index in [2.05, 4.69) is 29.7 Å². The SMILES string of the molecule is CCC[C@H](NCC(=O)N(CC(=O)Nc1ccccc1)Cc1ccco1)c1ccccc1. The summed E-state index contributed by atoms with van der Waals surface area (Å²) in [4.78, 5) is 27.1. The summed E-state index contributed by atoms with van der Waals surface area (Å²) in [5.74, 6) is 0.227. The van der Waals surface area contributed by atoms with Crippen LogP contribution in [-0.4, -0.2) is 29.8 Å². The Labute approximate surface area is 183 Å². The Morgan fingerprint density at radius 2 is 1.68 bits per heavy atom. The third-order valence-corrected chi connectivity index (χ3v) is 4.95. The van der Waals surface area contributed by atoms with E-state index >= 15 is 0 Å². The number of benzene rings is 2. The van der Waals surface area contributed by atoms with Gasteiger partial charge < -0.3 is 20.0 Å². The van der Waals surface area contributed by atoms with Gasteiger partial charge in [-0.15, -0.1) is 0 Å². The van der Waals surface area contributed by atoms with Gasteiger partial charge in [-0.1, -0.05) is 61.9 Å². The molecule has 1 heterocycles. The molecule has 0 aliphatic rings. The highest BCUT2D eigenvalue weighted by atomic mass is 16.3. The van der Waals surface area contributed by atoms with Crippen molar-refractivity contribution in [3.05, 3.63) is 90.4 Å². The largest absolute Gasteiger partial charge is 0.467 e. The Morgan fingerprint density at radius 3 is 2.32 bits per heavy atom. The van der Waals surface area contributed by atoms with E-state index in [-0.39, 0.29) is 37.5 Å². The fraction of sp³-hybridized carbons (Fsp3) is 0.280. The summed E-state index contributed by atoms with van der Waals surface area (Å²) < 4.78 is 5.40. The van der Waals surface area contributed by atoms with E-state index in [1.54, 1.807) is 18.4 Å². The molecule has 0 spiro atoms. The normalized spacial score (nSPS) is 11.6. The van der Waals surface area contributed by atoms with E-state index in [0.29, 0.717) is 11.4 Å². The number of carbonyl (C=O) groups excluding carboxylic acids is 2. The molecule has 162 valence electrons. The number of hydrogen-bond donors (Lipinski definition) is 2. The van der Waals surface area contributed by atoms with Gasteiger partial charge in [-0.05, 0) is 36.2 Å². The first-order valence-electron chi connectivity index (χ1n) is 10.6. The average molecular weight is 420 g/mol. The predicted molar refractivity (Wildman–Crippen MR) is 121 cm³/mol. The fourth-order valence-corrected chi connectivity index (χ4v) is 3.40. The van der Waals surface area contributed by atoms with Crippen LogP contribution in [0.3, 0.4) is 0 Å². The Kier molecular flexibility index (Phi) is 8.43. The Bertz CT molecular complexity index is 927. The number of nitrogens with one attached hydrogen (secondary N) is 2. The molecule has 2 amide bonds. The molecule has 31 heavy (non-hydrogen) atoms. The van der Waals surface area contributed by atoms with Gasteiger partial charge in [0.1, 0.15) is 12.3 Å². The molecule has 1 atom stereocenters. The van der Waals surface area contributed by atoms with Crippen LogP contribution in [0.1, 0.15) is 37.1 Å². The van der Waals surface area contributed by atoms with Crippen molar-refractivity contribution in [3.63, 3.8) is 0 Å². The number of anilines is 1. The molecule has 2 aromatic carbocycles. The summed E-state index contributed by atoms with van der Waals surface area (Å²) in [6.07, 6.45) is 3.48. The molecule has 1 aromatic heterocycles. The Balaban J connectivity index is 1.64. The van der Waals surface area contributed by atoms with Gasteiger partial charge in [-0.3, -0.25) is 9.59 Å². The van der Waals surface area contributed by atoms with Crippen LogP contribution in [-0.2, 0) is 16.1 Å². The van der Waals surface area contributed by atoms with Crippen molar-refractivity contribution in [1.29, 1.82) is 0 Å². The maximum atomic E-state index is 13.0. The number of furan rings is 1. The minimum Gasteiger partial charge on any atom is -0.467 e. The third-order valence-electron chi connectivity index (χ3n) is 4.95. The molecular formula is C25H29N3O3. The highest BCUT2D eigenvalue weighted by Gasteiger charge is 2.20. The lowest BCUT2D eigenvalue weighted by Gasteiger charge is -2.24. The second-order valence-corrected chi connectivity index (χ2v) is 7.38. The quantitative estimate of drug-likeness (QED) is 0.484. The molecule has 0 saturated carbocycles. The van der Waals surface area contributed by atoms with Gasteiger partial charge in [-0.25, -0.2) is 0 Å². The predicted octanol–water partition coefficient (Wildman–Crippen LogP) is 4.38. The monoisotopic (exact) mass is 419 g/mol. The number of carbonyl (C=O) groups is 2. The molecular weight excluding hydrogens is 390 g/mol. The third kappa shape index (κ3) is 7.12. The summed E-state index contributed by atoms with van der Waals surface area (Å²) in [6, 6.07) is 23.0. The molecule has 3 aromatic rings. The van der Waals surface area contributed by atoms with E-state index in [4.69, 9.17) is 4.42 Å². The van der Waals surface area contributed by atoms with Gasteiger partial charge in [0.2, 0.25) is 11.8 Å². The van der Waals surface area contributed by atoms with Gasteiger partial charge in [0, 0.05) is 11.7 Å². The van der Waals surface area contributed by atoms with Crippen molar-refractivity contribution in [2.24, 2.45) is 0 Å². The molecule has 3 rings (SSSR count). The lowest BCUT2D eigenvalue weighted by Crippen LogP contribution is -2.42. The van der Waals surface area contributed by atoms with Crippen molar-refractivity contribution in [2.75, 3.05) is 18.4 Å². The summed E-state index contributed by atoms with van der Waals surface area (Å²) in [5.41, 5.74) is 1.85. The Hall–Kier alpha value is -3.38. The van der Waals surface area contributed by atoms with E-state index < -0.39 is 0 Å². The van der Waals surface area contributed by atoms with Crippen LogP contribution in [0.25, 0.3) is 0 Å². The minimum atomic E-state index is -0.251. The summed E-state index contributed by atoms with van der Waals surface area (Å²) in [7, 11) is 0. The molecule has 0 bridgehead atoms. The molecule has 2 N–H and O–H groups in total. The summed E-state index contributed by atoms with van der Waals surface area (Å²) in [6.45, 7) is 2.44. The second kappa shape index (κ2) is 11.7. The van der Waals surface area contributed by atoms with Crippen molar-refractivity contribution >= 4 is 17.5 Å². The highest BCUT2D eigenvalue weighted by molar-refractivity contribution is 5.94. The van der Waals surface area contributed by atoms with Crippen molar-refractivity contribution in [3.8, 4) is 0 Å². The van der Waals surface area contributed by atoms with Gasteiger partial charge in [0.15, 0.2) is 0 Å². The molecule has 6 heteroatoms. The van der Waals surface area contributed by atoms with E-state index in [9.17, 15) is 9.59 Å². The van der Waals surface area contributed by atoms with E-state index in [1.165, 1.54) is 4.90 Å². The van der Waals surface area contributed by atoms with Crippen LogP contribution < -0.4 is 10.6 Å². The van der Waals surface area contributed by atoms with Crippen molar-refractivity contribution in [1.82, 2.24) is 10.2 Å². The molecule has 0 radical (unpaired) electrons. The van der Waals surface area contributed by atoms with Crippen LogP contribution in [0.5, 0.6) is 0 Å². The maximum absolute atomic E-state index is 13.0. The molecule has 0 fully saturated rings. The first kappa shape index (κ1) is 22.3. The first-order chi connectivity index (χ1) is 15.2. The van der Waals surface area contributed by atoms with Crippen molar-refractivity contribution < 1.29 is 14.0 Å². The summed E-state index contributed by atoms with van der Waals surface area (Å²) >= 11 is 0. The van der Waals surface area contributed by atoms with E-state index in [1.807, 2.05) is 48.5 Å². The number of amides is 2. The average Bonchev–Trinajstić information content (AvgIpc) is 3.30. The van der Waals surface area contributed by atoms with Crippen LogP contribution in [0, 0.1) is 0 Å². The van der Waals surface area contributed by atoms with Crippen LogP contribution in [0.4, 0.5) is 5.69 Å². The minimum absolute atomic E-state index is 0.0557. The summed E-state index contributed by atoms with van der Waals surface area (Å²) in [5, 5.41) is 6.20. The first-order valence-corrected chi connectivity index (χ1v) is 10.6. The Morgan fingerprint density at radius 1 is 0.968 bits per heavy atom. The molecule has 0 unspecified atom stereocenters. The number of para-hydroxylation sites is 1. The molecule has 0 aliphatic carbocycles. The van der Waals surface area contributed by atoms with Crippen LogP contribution >= 0.6 is 0 Å². The molecule has 6 nitrogen and oxygen atoms in total. The smallest absolute Gasteiger partial charge is 0.244 e. The molecule has 0 saturated heterocycles. The molecule has 0 aliphatic heterocycles. The lowest BCUT2D eigenvalue weighted by molar-refractivity contribution is -0.134. The number of nitrogens with zero attached hydrogens (tertiary/aromatic N) is 1. The standard InChI is InChI=1S/C25H29N3O3/c1-2-10-23(20-11-5-3-6-12-20)26-17-25(30)28(18-22-15-9-16-31-22)19-24(29)27-21-13-7-4-8-14-21/h3-9,11-16,23,26H,2,10,17-19H2,1H3,(H,27,29)/t23-/m0/s1. The van der Waals surface area contributed by atoms with Gasteiger partial charge in [0.05, 0.1) is 19.4 Å². The maximum Gasteiger partial charge on any atom is 0.244 e. The zero-order chi connectivity index (χ0) is 21.9. The topological polar surface area (TPSA) is 74.6 Å². The van der Waals surface area contributed by atoms with E-state index in [0.717, 1.165) is 18.4 Å². The zero-order valence-electron chi connectivity index (χ0n) is 17.8. The van der Waals surface area contributed by atoms with Crippen LogP contribution in [0.2, 0.25) is 0 Å². The number of rotatable bonds is 11.